The molecule has 2 heterocycles. The van der Waals surface area contributed by atoms with Gasteiger partial charge in [0.1, 0.15) is 0 Å². The van der Waals surface area contributed by atoms with Crippen LogP contribution in [0.15, 0.2) is 24.5 Å². The van der Waals surface area contributed by atoms with Crippen molar-refractivity contribution < 1.29 is 4.79 Å². The van der Waals surface area contributed by atoms with E-state index in [2.05, 4.69) is 15.2 Å². The molecule has 0 saturated heterocycles. The van der Waals surface area contributed by atoms with E-state index in [9.17, 15) is 4.79 Å². The first kappa shape index (κ1) is 12.3. The van der Waals surface area contributed by atoms with Crippen LogP contribution in [0.3, 0.4) is 0 Å². The molecule has 2 aromatic heterocycles. The maximum absolute atomic E-state index is 12.2. The summed E-state index contributed by atoms with van der Waals surface area (Å²) in [5.41, 5.74) is 3.37. The highest BCUT2D eigenvalue weighted by Crippen LogP contribution is 2.12. The summed E-state index contributed by atoms with van der Waals surface area (Å²) >= 11 is 0. The monoisotopic (exact) mass is 244 g/mol. The molecule has 0 aliphatic heterocycles. The fourth-order valence-corrected chi connectivity index (χ4v) is 1.71. The topological polar surface area (TPSA) is 61.9 Å². The molecule has 0 unspecified atom stereocenters. The molecule has 0 fully saturated rings. The minimum Gasteiger partial charge on any atom is -0.336 e. The number of pyridine rings is 1. The van der Waals surface area contributed by atoms with Crippen molar-refractivity contribution in [1.82, 2.24) is 20.1 Å². The number of nitrogens with zero attached hydrogens (tertiary/aromatic N) is 3. The molecule has 0 bridgehead atoms. The van der Waals surface area contributed by atoms with Gasteiger partial charge in [-0.25, -0.2) is 0 Å². The molecular weight excluding hydrogens is 228 g/mol. The van der Waals surface area contributed by atoms with E-state index in [0.717, 1.165) is 16.8 Å². The molecule has 0 aliphatic carbocycles. The number of aromatic nitrogens is 3. The Morgan fingerprint density at radius 1 is 1.33 bits per heavy atom. The zero-order valence-electron chi connectivity index (χ0n) is 10.8. The highest BCUT2D eigenvalue weighted by Gasteiger charge is 2.18. The smallest absolute Gasteiger partial charge is 0.274 e. The van der Waals surface area contributed by atoms with Gasteiger partial charge >= 0.3 is 0 Å². The fraction of sp³-hybridized carbons (Fsp3) is 0.308. The first-order valence-corrected chi connectivity index (χ1v) is 5.75. The summed E-state index contributed by atoms with van der Waals surface area (Å²) in [7, 11) is 1.77. The van der Waals surface area contributed by atoms with Gasteiger partial charge < -0.3 is 4.90 Å². The van der Waals surface area contributed by atoms with E-state index >= 15 is 0 Å². The maximum atomic E-state index is 12.2. The van der Waals surface area contributed by atoms with E-state index in [1.165, 1.54) is 0 Å². The molecule has 0 aliphatic rings. The first-order valence-electron chi connectivity index (χ1n) is 5.75. The van der Waals surface area contributed by atoms with Gasteiger partial charge in [-0.15, -0.1) is 0 Å². The standard InChI is InChI=1S/C13H16N4O/c1-9-10(2)15-16-12(9)13(18)17(3)8-11-4-6-14-7-5-11/h4-7H,8H2,1-3H3,(H,15,16). The van der Waals surface area contributed by atoms with Crippen molar-refractivity contribution in [3.05, 3.63) is 47.0 Å². The van der Waals surface area contributed by atoms with Crippen LogP contribution in [0.1, 0.15) is 27.3 Å². The fourth-order valence-electron chi connectivity index (χ4n) is 1.71. The normalized spacial score (nSPS) is 10.4. The van der Waals surface area contributed by atoms with Crippen LogP contribution < -0.4 is 0 Å². The van der Waals surface area contributed by atoms with Crippen LogP contribution in [-0.4, -0.2) is 33.0 Å². The van der Waals surface area contributed by atoms with E-state index in [-0.39, 0.29) is 5.91 Å². The van der Waals surface area contributed by atoms with Gasteiger partial charge in [0.25, 0.3) is 5.91 Å². The summed E-state index contributed by atoms with van der Waals surface area (Å²) < 4.78 is 0. The second-order valence-corrected chi connectivity index (χ2v) is 4.34. The SMILES string of the molecule is Cc1[nH]nc(C(=O)N(C)Cc2ccncc2)c1C. The number of carbonyl (C=O) groups excluding carboxylic acids is 1. The lowest BCUT2D eigenvalue weighted by Gasteiger charge is -2.16. The van der Waals surface area contributed by atoms with Crippen molar-refractivity contribution >= 4 is 5.91 Å². The van der Waals surface area contributed by atoms with Crippen LogP contribution in [-0.2, 0) is 6.54 Å². The predicted molar refractivity (Wildman–Crippen MR) is 68.1 cm³/mol. The molecule has 0 atom stereocenters. The number of rotatable bonds is 3. The molecule has 18 heavy (non-hydrogen) atoms. The molecule has 2 aromatic rings. The van der Waals surface area contributed by atoms with Gasteiger partial charge in [0.2, 0.25) is 0 Å². The van der Waals surface area contributed by atoms with E-state index in [1.54, 1.807) is 24.3 Å². The molecule has 94 valence electrons. The Balaban J connectivity index is 2.12. The molecule has 0 saturated carbocycles. The third kappa shape index (κ3) is 2.40. The van der Waals surface area contributed by atoms with Crippen LogP contribution >= 0.6 is 0 Å². The number of amides is 1. The Labute approximate surface area is 106 Å². The molecule has 5 heteroatoms. The maximum Gasteiger partial charge on any atom is 0.274 e. The number of H-pyrrole nitrogens is 1. The summed E-state index contributed by atoms with van der Waals surface area (Å²) in [5.74, 6) is -0.0753. The van der Waals surface area contributed by atoms with Gasteiger partial charge in [-0.05, 0) is 31.5 Å². The first-order chi connectivity index (χ1) is 8.59. The highest BCUT2D eigenvalue weighted by molar-refractivity contribution is 5.93. The van der Waals surface area contributed by atoms with E-state index in [4.69, 9.17) is 0 Å². The van der Waals surface area contributed by atoms with E-state index in [1.807, 2.05) is 26.0 Å². The zero-order chi connectivity index (χ0) is 13.1. The second-order valence-electron chi connectivity index (χ2n) is 4.34. The number of aryl methyl sites for hydroxylation is 1. The highest BCUT2D eigenvalue weighted by atomic mass is 16.2. The summed E-state index contributed by atoms with van der Waals surface area (Å²) in [4.78, 5) is 17.8. The van der Waals surface area contributed by atoms with E-state index in [0.29, 0.717) is 12.2 Å². The third-order valence-electron chi connectivity index (χ3n) is 2.97. The number of nitrogens with one attached hydrogen (secondary N) is 1. The number of hydrogen-bond acceptors (Lipinski definition) is 3. The lowest BCUT2D eigenvalue weighted by Crippen LogP contribution is -2.27. The van der Waals surface area contributed by atoms with Crippen molar-refractivity contribution in [2.45, 2.75) is 20.4 Å². The predicted octanol–water partition coefficient (Wildman–Crippen LogP) is 1.69. The third-order valence-corrected chi connectivity index (χ3v) is 2.97. The summed E-state index contributed by atoms with van der Waals surface area (Å²) in [6, 6.07) is 3.79. The molecule has 0 spiro atoms. The Kier molecular flexibility index (Phi) is 3.41. The Hall–Kier alpha value is -2.17. The quantitative estimate of drug-likeness (QED) is 0.893. The van der Waals surface area contributed by atoms with E-state index < -0.39 is 0 Å². The van der Waals surface area contributed by atoms with Gasteiger partial charge in [0, 0.05) is 37.2 Å². The molecule has 2 rings (SSSR count). The van der Waals surface area contributed by atoms with Crippen LogP contribution in [0, 0.1) is 13.8 Å². The summed E-state index contributed by atoms with van der Waals surface area (Å²) in [6.45, 7) is 4.35. The molecular formula is C13H16N4O. The summed E-state index contributed by atoms with van der Waals surface area (Å²) in [5, 5.41) is 6.88. The second kappa shape index (κ2) is 5.00. The molecule has 0 aromatic carbocycles. The van der Waals surface area contributed by atoms with Gasteiger partial charge in [-0.1, -0.05) is 0 Å². The Morgan fingerprint density at radius 3 is 2.56 bits per heavy atom. The van der Waals surface area contributed by atoms with Gasteiger partial charge in [0.15, 0.2) is 5.69 Å². The van der Waals surface area contributed by atoms with Crippen LogP contribution in [0.25, 0.3) is 0 Å². The van der Waals surface area contributed by atoms with Crippen molar-refractivity contribution in [2.24, 2.45) is 0 Å². The summed E-state index contributed by atoms with van der Waals surface area (Å²) in [6.07, 6.45) is 3.44. The van der Waals surface area contributed by atoms with Gasteiger partial charge in [0.05, 0.1) is 0 Å². The minimum atomic E-state index is -0.0753. The van der Waals surface area contributed by atoms with Crippen molar-refractivity contribution in [3.8, 4) is 0 Å². The Bertz CT molecular complexity index is 547. The molecule has 5 nitrogen and oxygen atoms in total. The average Bonchev–Trinajstić information content (AvgIpc) is 2.70. The van der Waals surface area contributed by atoms with Gasteiger partial charge in [-0.3, -0.25) is 14.9 Å². The lowest BCUT2D eigenvalue weighted by molar-refractivity contribution is 0.0778. The average molecular weight is 244 g/mol. The minimum absolute atomic E-state index is 0.0753. The Morgan fingerprint density at radius 2 is 2.00 bits per heavy atom. The number of hydrogen-bond donors (Lipinski definition) is 1. The largest absolute Gasteiger partial charge is 0.336 e. The van der Waals surface area contributed by atoms with Crippen LogP contribution in [0.4, 0.5) is 0 Å². The van der Waals surface area contributed by atoms with Crippen LogP contribution in [0.5, 0.6) is 0 Å². The zero-order valence-corrected chi connectivity index (χ0v) is 10.8. The lowest BCUT2D eigenvalue weighted by atomic mass is 10.2. The molecule has 1 amide bonds. The van der Waals surface area contributed by atoms with Gasteiger partial charge in [-0.2, -0.15) is 5.10 Å². The molecule has 0 radical (unpaired) electrons. The van der Waals surface area contributed by atoms with Crippen molar-refractivity contribution in [1.29, 1.82) is 0 Å². The van der Waals surface area contributed by atoms with Crippen molar-refractivity contribution in [2.75, 3.05) is 7.05 Å². The van der Waals surface area contributed by atoms with Crippen LogP contribution in [0.2, 0.25) is 0 Å². The number of carbonyl (C=O) groups is 1. The number of aromatic amines is 1. The van der Waals surface area contributed by atoms with Crippen molar-refractivity contribution in [3.63, 3.8) is 0 Å². The molecule has 1 N–H and O–H groups in total.